The van der Waals surface area contributed by atoms with Crippen LogP contribution in [0.15, 0.2) is 24.3 Å². The molecular weight excluding hydrogens is 246 g/mol. The third kappa shape index (κ3) is 4.54. The average molecular weight is 263 g/mol. The molecule has 0 aliphatic carbocycles. The average Bonchev–Trinajstić information content (AvgIpc) is 2.37. The van der Waals surface area contributed by atoms with E-state index in [1.807, 2.05) is 13.8 Å². The molecule has 0 radical (unpaired) electrons. The summed E-state index contributed by atoms with van der Waals surface area (Å²) in [7, 11) is 0. The zero-order chi connectivity index (χ0) is 14.4. The molecule has 0 fully saturated rings. The normalized spacial score (nSPS) is 11.9. The molecule has 102 valence electrons. The highest BCUT2D eigenvalue weighted by Crippen LogP contribution is 2.07. The van der Waals surface area contributed by atoms with E-state index in [9.17, 15) is 14.4 Å². The highest BCUT2D eigenvalue weighted by atomic mass is 16.4. The minimum absolute atomic E-state index is 0.116. The molecule has 1 atom stereocenters. The number of rotatable bonds is 6. The molecule has 1 rings (SSSR count). The van der Waals surface area contributed by atoms with E-state index in [1.54, 1.807) is 0 Å². The Morgan fingerprint density at radius 3 is 2.16 bits per heavy atom. The quantitative estimate of drug-likeness (QED) is 0.765. The van der Waals surface area contributed by atoms with Gasteiger partial charge in [0.15, 0.2) is 0 Å². The van der Waals surface area contributed by atoms with E-state index in [-0.39, 0.29) is 11.5 Å². The summed E-state index contributed by atoms with van der Waals surface area (Å²) in [5, 5.41) is 11.4. The Balaban J connectivity index is 2.71. The molecule has 1 aromatic rings. The van der Waals surface area contributed by atoms with E-state index in [1.165, 1.54) is 24.3 Å². The monoisotopic (exact) mass is 263 g/mol. The molecule has 5 nitrogen and oxygen atoms in total. The molecule has 0 heterocycles. The molecule has 0 aromatic heterocycles. The van der Waals surface area contributed by atoms with Crippen molar-refractivity contribution in [3.63, 3.8) is 0 Å². The summed E-state index contributed by atoms with van der Waals surface area (Å²) >= 11 is 0. The van der Waals surface area contributed by atoms with Crippen molar-refractivity contribution in [2.75, 3.05) is 0 Å². The van der Waals surface area contributed by atoms with Crippen molar-refractivity contribution in [2.24, 2.45) is 5.92 Å². The maximum absolute atomic E-state index is 11.9. The second-order valence-electron chi connectivity index (χ2n) is 4.73. The predicted octanol–water partition coefficient (Wildman–Crippen LogP) is 1.73. The SMILES string of the molecule is CC(C)C[C@@H](C=O)NC(=O)c1ccc(C(=O)O)cc1. The summed E-state index contributed by atoms with van der Waals surface area (Å²) in [5.41, 5.74) is 0.450. The molecule has 2 N–H and O–H groups in total. The number of carbonyl (C=O) groups is 3. The van der Waals surface area contributed by atoms with Crippen molar-refractivity contribution in [2.45, 2.75) is 26.3 Å². The van der Waals surface area contributed by atoms with Crippen LogP contribution in [0, 0.1) is 5.92 Å². The number of amides is 1. The number of carboxylic acids is 1. The standard InChI is InChI=1S/C14H17NO4/c1-9(2)7-12(8-16)15-13(17)10-3-5-11(6-4-10)14(18)19/h3-6,8-9,12H,7H2,1-2H3,(H,15,17)(H,18,19)/t12-/m0/s1. The summed E-state index contributed by atoms with van der Waals surface area (Å²) in [6, 6.07) is 5.05. The Bertz CT molecular complexity index is 465. The van der Waals surface area contributed by atoms with Crippen LogP contribution in [-0.2, 0) is 4.79 Å². The van der Waals surface area contributed by atoms with Crippen LogP contribution >= 0.6 is 0 Å². The van der Waals surface area contributed by atoms with Gasteiger partial charge in [-0.1, -0.05) is 13.8 Å². The lowest BCUT2D eigenvalue weighted by Gasteiger charge is -2.14. The lowest BCUT2D eigenvalue weighted by Crippen LogP contribution is -2.36. The largest absolute Gasteiger partial charge is 0.478 e. The second-order valence-corrected chi connectivity index (χ2v) is 4.73. The first-order valence-corrected chi connectivity index (χ1v) is 6.03. The lowest BCUT2D eigenvalue weighted by atomic mass is 10.0. The highest BCUT2D eigenvalue weighted by molar-refractivity contribution is 5.97. The van der Waals surface area contributed by atoms with Gasteiger partial charge in [0.05, 0.1) is 11.6 Å². The molecule has 0 aliphatic rings. The number of hydrogen-bond acceptors (Lipinski definition) is 3. The fourth-order valence-electron chi connectivity index (χ4n) is 1.67. The van der Waals surface area contributed by atoms with Gasteiger partial charge in [0.1, 0.15) is 6.29 Å². The molecule has 0 saturated carbocycles. The summed E-state index contributed by atoms with van der Waals surface area (Å²) in [4.78, 5) is 33.4. The van der Waals surface area contributed by atoms with Gasteiger partial charge >= 0.3 is 5.97 Å². The first-order chi connectivity index (χ1) is 8.93. The third-order valence-corrected chi connectivity index (χ3v) is 2.60. The van der Waals surface area contributed by atoms with Gasteiger partial charge in [-0.2, -0.15) is 0 Å². The number of aromatic carboxylic acids is 1. The molecular formula is C14H17NO4. The van der Waals surface area contributed by atoms with E-state index < -0.39 is 12.0 Å². The minimum atomic E-state index is -1.04. The van der Waals surface area contributed by atoms with Crippen molar-refractivity contribution in [1.29, 1.82) is 0 Å². The summed E-state index contributed by atoms with van der Waals surface area (Å²) in [5.74, 6) is -1.13. The Morgan fingerprint density at radius 2 is 1.74 bits per heavy atom. The molecule has 0 unspecified atom stereocenters. The van der Waals surface area contributed by atoms with Crippen molar-refractivity contribution in [1.82, 2.24) is 5.32 Å². The van der Waals surface area contributed by atoms with E-state index in [0.29, 0.717) is 24.2 Å². The van der Waals surface area contributed by atoms with Crippen LogP contribution in [-0.4, -0.2) is 29.3 Å². The first-order valence-electron chi connectivity index (χ1n) is 6.03. The summed E-state index contributed by atoms with van der Waals surface area (Å²) in [6.45, 7) is 3.93. The molecule has 0 spiro atoms. The molecule has 19 heavy (non-hydrogen) atoms. The summed E-state index contributed by atoms with van der Waals surface area (Å²) in [6.07, 6.45) is 1.28. The topological polar surface area (TPSA) is 83.5 Å². The Labute approximate surface area is 111 Å². The predicted molar refractivity (Wildman–Crippen MR) is 70.2 cm³/mol. The van der Waals surface area contributed by atoms with Gasteiger partial charge in [-0.05, 0) is 36.6 Å². The van der Waals surface area contributed by atoms with Crippen LogP contribution in [0.4, 0.5) is 0 Å². The first kappa shape index (κ1) is 14.9. The molecule has 5 heteroatoms. The summed E-state index contributed by atoms with van der Waals surface area (Å²) < 4.78 is 0. The number of carbonyl (C=O) groups excluding carboxylic acids is 2. The van der Waals surface area contributed by atoms with E-state index >= 15 is 0 Å². The van der Waals surface area contributed by atoms with Gasteiger partial charge in [-0.15, -0.1) is 0 Å². The zero-order valence-electron chi connectivity index (χ0n) is 10.9. The molecule has 0 saturated heterocycles. The molecule has 1 amide bonds. The van der Waals surface area contributed by atoms with Crippen molar-refractivity contribution >= 4 is 18.2 Å². The minimum Gasteiger partial charge on any atom is -0.478 e. The Hall–Kier alpha value is -2.17. The number of benzene rings is 1. The van der Waals surface area contributed by atoms with Gasteiger partial charge in [-0.3, -0.25) is 4.79 Å². The van der Waals surface area contributed by atoms with Gasteiger partial charge in [0, 0.05) is 5.56 Å². The Morgan fingerprint density at radius 1 is 1.21 bits per heavy atom. The van der Waals surface area contributed by atoms with Gasteiger partial charge in [0.2, 0.25) is 0 Å². The van der Waals surface area contributed by atoms with E-state index in [0.717, 1.165) is 0 Å². The Kier molecular flexibility index (Phi) is 5.23. The second kappa shape index (κ2) is 6.68. The third-order valence-electron chi connectivity index (χ3n) is 2.60. The van der Waals surface area contributed by atoms with E-state index in [4.69, 9.17) is 5.11 Å². The van der Waals surface area contributed by atoms with Crippen LogP contribution < -0.4 is 5.32 Å². The lowest BCUT2D eigenvalue weighted by molar-refractivity contribution is -0.109. The maximum atomic E-state index is 11.9. The van der Waals surface area contributed by atoms with Crippen molar-refractivity contribution in [3.8, 4) is 0 Å². The van der Waals surface area contributed by atoms with Crippen LogP contribution in [0.2, 0.25) is 0 Å². The smallest absolute Gasteiger partial charge is 0.335 e. The number of carboxylic acid groups (broad SMARTS) is 1. The van der Waals surface area contributed by atoms with Crippen LogP contribution in [0.1, 0.15) is 41.0 Å². The van der Waals surface area contributed by atoms with Gasteiger partial charge < -0.3 is 15.2 Å². The fraction of sp³-hybridized carbons (Fsp3) is 0.357. The molecule has 0 aliphatic heterocycles. The van der Waals surface area contributed by atoms with Crippen LogP contribution in [0.25, 0.3) is 0 Å². The fourth-order valence-corrected chi connectivity index (χ4v) is 1.67. The molecule has 0 bridgehead atoms. The van der Waals surface area contributed by atoms with E-state index in [2.05, 4.69) is 5.32 Å². The van der Waals surface area contributed by atoms with Gasteiger partial charge in [-0.25, -0.2) is 4.79 Å². The van der Waals surface area contributed by atoms with Crippen LogP contribution in [0.3, 0.4) is 0 Å². The highest BCUT2D eigenvalue weighted by Gasteiger charge is 2.14. The van der Waals surface area contributed by atoms with Crippen molar-refractivity contribution in [3.05, 3.63) is 35.4 Å². The maximum Gasteiger partial charge on any atom is 0.335 e. The number of aldehydes is 1. The number of hydrogen-bond donors (Lipinski definition) is 2. The molecule has 1 aromatic carbocycles. The number of nitrogens with one attached hydrogen (secondary N) is 1. The zero-order valence-corrected chi connectivity index (χ0v) is 10.9. The van der Waals surface area contributed by atoms with Gasteiger partial charge in [0.25, 0.3) is 5.91 Å². The van der Waals surface area contributed by atoms with Crippen molar-refractivity contribution < 1.29 is 19.5 Å². The van der Waals surface area contributed by atoms with Crippen LogP contribution in [0.5, 0.6) is 0 Å².